The zero-order chi connectivity index (χ0) is 14.2. The number of ether oxygens (including phenoxy) is 1. The molecule has 2 nitrogen and oxygen atoms in total. The Morgan fingerprint density at radius 3 is 2.71 bits per heavy atom. The van der Waals surface area contributed by atoms with Crippen molar-refractivity contribution in [1.29, 1.82) is 0 Å². The highest BCUT2D eigenvalue weighted by Gasteiger charge is 2.39. The number of rotatable bonds is 6. The van der Waals surface area contributed by atoms with Gasteiger partial charge in [0, 0.05) is 18.7 Å². The van der Waals surface area contributed by atoms with E-state index in [1.165, 1.54) is 44.6 Å². The molecule has 4 rings (SSSR count). The van der Waals surface area contributed by atoms with E-state index in [2.05, 4.69) is 5.32 Å². The normalized spacial score (nSPS) is 30.8. The predicted molar refractivity (Wildman–Crippen MR) is 80.7 cm³/mol. The lowest BCUT2D eigenvalue weighted by Crippen LogP contribution is -2.19. The van der Waals surface area contributed by atoms with Crippen LogP contribution in [0.1, 0.15) is 44.1 Å². The van der Waals surface area contributed by atoms with Crippen molar-refractivity contribution in [3.8, 4) is 5.75 Å². The van der Waals surface area contributed by atoms with Gasteiger partial charge in [-0.05, 0) is 67.6 Å². The average Bonchev–Trinajstić information content (AvgIpc) is 3.07. The van der Waals surface area contributed by atoms with E-state index >= 15 is 0 Å². The lowest BCUT2D eigenvalue weighted by Gasteiger charge is -2.22. The summed E-state index contributed by atoms with van der Waals surface area (Å²) in [5.74, 6) is 3.01. The molecule has 1 aromatic carbocycles. The molecule has 3 heteroatoms. The molecular formula is C18H24FNO. The predicted octanol–water partition coefficient (Wildman–Crippen LogP) is 3.89. The number of benzene rings is 1. The summed E-state index contributed by atoms with van der Waals surface area (Å²) >= 11 is 0. The molecule has 0 aromatic heterocycles. The average molecular weight is 289 g/mol. The van der Waals surface area contributed by atoms with Crippen molar-refractivity contribution in [3.63, 3.8) is 0 Å². The molecule has 1 aromatic rings. The second-order valence-electron chi connectivity index (χ2n) is 7.20. The summed E-state index contributed by atoms with van der Waals surface area (Å²) in [4.78, 5) is 0. The second kappa shape index (κ2) is 5.60. The first-order valence-electron chi connectivity index (χ1n) is 8.42. The first-order valence-corrected chi connectivity index (χ1v) is 8.42. The lowest BCUT2D eigenvalue weighted by atomic mass is 9.89. The highest BCUT2D eigenvalue weighted by atomic mass is 19.1. The summed E-state index contributed by atoms with van der Waals surface area (Å²) in [6, 6.07) is 5.77. The Kier molecular flexibility index (Phi) is 3.62. The fraction of sp³-hybridized carbons (Fsp3) is 0.667. The fourth-order valence-corrected chi connectivity index (χ4v) is 4.14. The molecule has 1 N–H and O–H groups in total. The van der Waals surface area contributed by atoms with Crippen molar-refractivity contribution in [1.82, 2.24) is 5.32 Å². The van der Waals surface area contributed by atoms with E-state index in [0.29, 0.717) is 17.7 Å². The minimum absolute atomic E-state index is 0.187. The lowest BCUT2D eigenvalue weighted by molar-refractivity contribution is 0.194. The molecule has 0 heterocycles. The summed E-state index contributed by atoms with van der Waals surface area (Å²) in [7, 11) is 0. The highest BCUT2D eigenvalue weighted by molar-refractivity contribution is 5.29. The van der Waals surface area contributed by atoms with Crippen LogP contribution in [-0.2, 0) is 6.54 Å². The Labute approximate surface area is 126 Å². The standard InChI is InChI=1S/C18H24FNO/c19-16-7-13(10-20-17-3-4-17)8-18(9-16)21-11-15-6-12-1-2-14(15)5-12/h7-9,12,14-15,17,20H,1-6,10-11H2. The van der Waals surface area contributed by atoms with Crippen molar-refractivity contribution < 1.29 is 9.13 Å². The van der Waals surface area contributed by atoms with Gasteiger partial charge in [0.05, 0.1) is 6.61 Å². The molecular weight excluding hydrogens is 265 g/mol. The van der Waals surface area contributed by atoms with E-state index in [1.54, 1.807) is 6.07 Å². The number of nitrogens with one attached hydrogen (secondary N) is 1. The van der Waals surface area contributed by atoms with E-state index in [4.69, 9.17) is 4.74 Å². The van der Waals surface area contributed by atoms with Crippen molar-refractivity contribution in [2.75, 3.05) is 6.61 Å². The maximum absolute atomic E-state index is 13.7. The van der Waals surface area contributed by atoms with Gasteiger partial charge < -0.3 is 10.1 Å². The van der Waals surface area contributed by atoms with Crippen molar-refractivity contribution in [2.45, 2.75) is 51.1 Å². The molecule has 0 radical (unpaired) electrons. The molecule has 0 spiro atoms. The maximum Gasteiger partial charge on any atom is 0.127 e. The van der Waals surface area contributed by atoms with Crippen LogP contribution in [0.2, 0.25) is 0 Å². The molecule has 3 unspecified atom stereocenters. The minimum Gasteiger partial charge on any atom is -0.493 e. The van der Waals surface area contributed by atoms with Gasteiger partial charge in [0.1, 0.15) is 11.6 Å². The van der Waals surface area contributed by atoms with E-state index in [9.17, 15) is 4.39 Å². The quantitative estimate of drug-likeness (QED) is 0.857. The Bertz CT molecular complexity index is 514. The molecule has 2 bridgehead atoms. The number of halogens is 1. The molecule has 3 aliphatic carbocycles. The number of hydrogen-bond donors (Lipinski definition) is 1. The third-order valence-electron chi connectivity index (χ3n) is 5.45. The van der Waals surface area contributed by atoms with E-state index in [-0.39, 0.29) is 5.82 Å². The first kappa shape index (κ1) is 13.6. The number of hydrogen-bond acceptors (Lipinski definition) is 2. The van der Waals surface area contributed by atoms with Gasteiger partial charge in [0.15, 0.2) is 0 Å². The minimum atomic E-state index is -0.187. The summed E-state index contributed by atoms with van der Waals surface area (Å²) in [5.41, 5.74) is 0.991. The van der Waals surface area contributed by atoms with Gasteiger partial charge in [-0.1, -0.05) is 6.42 Å². The van der Waals surface area contributed by atoms with Crippen LogP contribution in [0, 0.1) is 23.6 Å². The zero-order valence-electron chi connectivity index (χ0n) is 12.5. The van der Waals surface area contributed by atoms with Crippen molar-refractivity contribution in [2.24, 2.45) is 17.8 Å². The Balaban J connectivity index is 1.35. The van der Waals surface area contributed by atoms with E-state index < -0.39 is 0 Å². The first-order chi connectivity index (χ1) is 10.3. The molecule has 114 valence electrons. The molecule has 0 aliphatic heterocycles. The van der Waals surface area contributed by atoms with Gasteiger partial charge in [0.2, 0.25) is 0 Å². The Morgan fingerprint density at radius 2 is 2.00 bits per heavy atom. The van der Waals surface area contributed by atoms with Gasteiger partial charge in [-0.25, -0.2) is 4.39 Å². The van der Waals surface area contributed by atoms with Crippen LogP contribution in [0.25, 0.3) is 0 Å². The van der Waals surface area contributed by atoms with Crippen LogP contribution >= 0.6 is 0 Å². The van der Waals surface area contributed by atoms with Gasteiger partial charge in [-0.2, -0.15) is 0 Å². The Hall–Kier alpha value is -1.09. The molecule has 0 amide bonds. The van der Waals surface area contributed by atoms with Crippen LogP contribution in [0.15, 0.2) is 18.2 Å². The summed E-state index contributed by atoms with van der Waals surface area (Å²) in [6.45, 7) is 1.51. The highest BCUT2D eigenvalue weighted by Crippen LogP contribution is 2.48. The SMILES string of the molecule is Fc1cc(CNC2CC2)cc(OCC2CC3CCC2C3)c1. The third kappa shape index (κ3) is 3.23. The van der Waals surface area contributed by atoms with Crippen LogP contribution in [0.5, 0.6) is 5.75 Å². The molecule has 0 saturated heterocycles. The van der Waals surface area contributed by atoms with Crippen molar-refractivity contribution >= 4 is 0 Å². The Morgan fingerprint density at radius 1 is 1.10 bits per heavy atom. The third-order valence-corrected chi connectivity index (χ3v) is 5.45. The van der Waals surface area contributed by atoms with Gasteiger partial charge in [-0.3, -0.25) is 0 Å². The largest absolute Gasteiger partial charge is 0.493 e. The topological polar surface area (TPSA) is 21.3 Å². The fourth-order valence-electron chi connectivity index (χ4n) is 4.14. The van der Waals surface area contributed by atoms with Gasteiger partial charge >= 0.3 is 0 Å². The zero-order valence-corrected chi connectivity index (χ0v) is 12.5. The molecule has 3 aliphatic rings. The molecule has 3 fully saturated rings. The van der Waals surface area contributed by atoms with Crippen molar-refractivity contribution in [3.05, 3.63) is 29.6 Å². The van der Waals surface area contributed by atoms with Gasteiger partial charge in [0.25, 0.3) is 0 Å². The maximum atomic E-state index is 13.7. The molecule has 21 heavy (non-hydrogen) atoms. The van der Waals surface area contributed by atoms with Crippen LogP contribution < -0.4 is 10.1 Å². The second-order valence-corrected chi connectivity index (χ2v) is 7.20. The van der Waals surface area contributed by atoms with Crippen LogP contribution in [-0.4, -0.2) is 12.6 Å². The summed E-state index contributed by atoms with van der Waals surface area (Å²) in [6.07, 6.45) is 8.01. The summed E-state index contributed by atoms with van der Waals surface area (Å²) in [5, 5.41) is 3.42. The smallest absolute Gasteiger partial charge is 0.127 e. The van der Waals surface area contributed by atoms with Crippen LogP contribution in [0.3, 0.4) is 0 Å². The van der Waals surface area contributed by atoms with Gasteiger partial charge in [-0.15, -0.1) is 0 Å². The van der Waals surface area contributed by atoms with E-state index in [1.807, 2.05) is 6.07 Å². The number of fused-ring (bicyclic) bond motifs is 2. The summed E-state index contributed by atoms with van der Waals surface area (Å²) < 4.78 is 19.6. The molecule has 3 atom stereocenters. The van der Waals surface area contributed by atoms with E-state index in [0.717, 1.165) is 30.6 Å². The van der Waals surface area contributed by atoms with Crippen LogP contribution in [0.4, 0.5) is 4.39 Å². The molecule has 3 saturated carbocycles. The monoisotopic (exact) mass is 289 g/mol.